The molecule has 0 atom stereocenters. The third-order valence-corrected chi connectivity index (χ3v) is 4.29. The first-order valence-corrected chi connectivity index (χ1v) is 7.61. The van der Waals surface area contributed by atoms with Crippen molar-refractivity contribution in [3.8, 4) is 17.3 Å². The lowest BCUT2D eigenvalue weighted by Gasteiger charge is -2.29. The van der Waals surface area contributed by atoms with Crippen LogP contribution in [0.4, 0.5) is 5.82 Å². The van der Waals surface area contributed by atoms with Gasteiger partial charge in [0, 0.05) is 18.7 Å². The highest BCUT2D eigenvalue weighted by atomic mass is 15.3. The van der Waals surface area contributed by atoms with Gasteiger partial charge in [-0.3, -0.25) is 0 Å². The monoisotopic (exact) mass is 291 g/mol. The highest BCUT2D eigenvalue weighted by molar-refractivity contribution is 5.67. The van der Waals surface area contributed by atoms with Crippen LogP contribution in [-0.4, -0.2) is 23.3 Å². The number of hydrogen-bond donors (Lipinski definition) is 0. The van der Waals surface area contributed by atoms with E-state index in [1.807, 2.05) is 24.3 Å². The molecular weight excluding hydrogens is 272 g/mol. The molecule has 1 aromatic carbocycles. The number of aromatic nitrogens is 2. The van der Waals surface area contributed by atoms with Crippen molar-refractivity contribution in [1.29, 1.82) is 5.26 Å². The molecule has 0 N–H and O–H groups in total. The first kappa shape index (κ1) is 14.5. The third kappa shape index (κ3) is 2.67. The van der Waals surface area contributed by atoms with E-state index in [1.54, 1.807) is 0 Å². The Morgan fingerprint density at radius 3 is 2.32 bits per heavy atom. The van der Waals surface area contributed by atoms with Gasteiger partial charge in [-0.25, -0.2) is 0 Å². The summed E-state index contributed by atoms with van der Waals surface area (Å²) < 4.78 is 0. The van der Waals surface area contributed by atoms with Gasteiger partial charge in [-0.05, 0) is 56.4 Å². The lowest BCUT2D eigenvalue weighted by Crippen LogP contribution is -2.31. The van der Waals surface area contributed by atoms with Gasteiger partial charge in [0.1, 0.15) is 0 Å². The van der Waals surface area contributed by atoms with Crippen molar-refractivity contribution in [2.45, 2.75) is 26.7 Å². The molecule has 3 rings (SSSR count). The standard InChI is InChI=1S/C18H19N4/c1-13-14(2)18(22-10-4-3-5-11-22)21-20-17(13)16-8-6-15(12-19)7-9-16/h3,6-9H,4-5,10-11H2,1-2H3. The van der Waals surface area contributed by atoms with E-state index in [4.69, 9.17) is 5.26 Å². The fourth-order valence-corrected chi connectivity index (χ4v) is 2.83. The Labute approximate surface area is 131 Å². The van der Waals surface area contributed by atoms with Gasteiger partial charge in [-0.2, -0.15) is 5.26 Å². The molecule has 0 spiro atoms. The summed E-state index contributed by atoms with van der Waals surface area (Å²) in [6.45, 7) is 6.25. The second-order valence-electron chi connectivity index (χ2n) is 5.66. The highest BCUT2D eigenvalue weighted by Gasteiger charge is 2.18. The number of hydrogen-bond acceptors (Lipinski definition) is 4. The lowest BCUT2D eigenvalue weighted by atomic mass is 10.0. The van der Waals surface area contributed by atoms with Gasteiger partial charge < -0.3 is 4.90 Å². The van der Waals surface area contributed by atoms with E-state index in [-0.39, 0.29) is 0 Å². The predicted molar refractivity (Wildman–Crippen MR) is 87.4 cm³/mol. The largest absolute Gasteiger partial charge is 0.355 e. The second-order valence-corrected chi connectivity index (χ2v) is 5.66. The summed E-state index contributed by atoms with van der Waals surface area (Å²) in [5.41, 5.74) is 4.91. The summed E-state index contributed by atoms with van der Waals surface area (Å²) >= 11 is 0. The Morgan fingerprint density at radius 2 is 1.68 bits per heavy atom. The molecule has 1 aliphatic rings. The van der Waals surface area contributed by atoms with Gasteiger partial charge in [0.05, 0.1) is 17.3 Å². The Bertz CT molecular complexity index is 707. The van der Waals surface area contributed by atoms with Crippen LogP contribution in [-0.2, 0) is 0 Å². The average molecular weight is 291 g/mol. The van der Waals surface area contributed by atoms with E-state index in [2.05, 4.69) is 41.4 Å². The zero-order chi connectivity index (χ0) is 15.5. The third-order valence-electron chi connectivity index (χ3n) is 4.29. The van der Waals surface area contributed by atoms with E-state index in [0.717, 1.165) is 48.6 Å². The molecule has 0 bridgehead atoms. The van der Waals surface area contributed by atoms with Crippen LogP contribution in [0.3, 0.4) is 0 Å². The predicted octanol–water partition coefficient (Wildman–Crippen LogP) is 3.44. The maximum atomic E-state index is 8.89. The fourth-order valence-electron chi connectivity index (χ4n) is 2.83. The maximum absolute atomic E-state index is 8.89. The molecule has 1 fully saturated rings. The van der Waals surface area contributed by atoms with Crippen molar-refractivity contribution in [3.63, 3.8) is 0 Å². The molecule has 4 nitrogen and oxygen atoms in total. The highest BCUT2D eigenvalue weighted by Crippen LogP contribution is 2.29. The number of anilines is 1. The number of nitrogens with zero attached hydrogens (tertiary/aromatic N) is 4. The van der Waals surface area contributed by atoms with Crippen LogP contribution in [0.2, 0.25) is 0 Å². The molecule has 1 aromatic heterocycles. The molecule has 1 aliphatic heterocycles. The molecule has 1 saturated heterocycles. The van der Waals surface area contributed by atoms with Crippen LogP contribution in [0.15, 0.2) is 24.3 Å². The molecule has 2 aromatic rings. The van der Waals surface area contributed by atoms with Crippen LogP contribution in [0.1, 0.15) is 29.5 Å². The van der Waals surface area contributed by atoms with Crippen LogP contribution >= 0.6 is 0 Å². The van der Waals surface area contributed by atoms with Crippen LogP contribution in [0, 0.1) is 31.6 Å². The zero-order valence-corrected chi connectivity index (χ0v) is 13.0. The van der Waals surface area contributed by atoms with E-state index in [1.165, 1.54) is 5.56 Å². The second kappa shape index (κ2) is 6.15. The van der Waals surface area contributed by atoms with Crippen molar-refractivity contribution in [2.24, 2.45) is 0 Å². The van der Waals surface area contributed by atoms with Crippen molar-refractivity contribution in [3.05, 3.63) is 47.4 Å². The Balaban J connectivity index is 1.96. The van der Waals surface area contributed by atoms with Crippen LogP contribution in [0.5, 0.6) is 0 Å². The van der Waals surface area contributed by atoms with Gasteiger partial charge >= 0.3 is 0 Å². The quantitative estimate of drug-likeness (QED) is 0.850. The molecular formula is C18H19N4. The molecule has 2 heterocycles. The van der Waals surface area contributed by atoms with Crippen LogP contribution in [0.25, 0.3) is 11.3 Å². The summed E-state index contributed by atoms with van der Waals surface area (Å²) in [5.74, 6) is 1.00. The summed E-state index contributed by atoms with van der Waals surface area (Å²) in [6.07, 6.45) is 4.55. The minimum atomic E-state index is 0.660. The van der Waals surface area contributed by atoms with Gasteiger partial charge in [0.2, 0.25) is 0 Å². The number of piperidine rings is 1. The Kier molecular flexibility index (Phi) is 4.06. The van der Waals surface area contributed by atoms with E-state index in [9.17, 15) is 0 Å². The zero-order valence-electron chi connectivity index (χ0n) is 13.0. The lowest BCUT2D eigenvalue weighted by molar-refractivity contribution is 0.663. The molecule has 4 heteroatoms. The van der Waals surface area contributed by atoms with E-state index in [0.29, 0.717) is 5.56 Å². The molecule has 0 saturated carbocycles. The van der Waals surface area contributed by atoms with E-state index >= 15 is 0 Å². The summed E-state index contributed by atoms with van der Waals surface area (Å²) in [4.78, 5) is 2.32. The maximum Gasteiger partial charge on any atom is 0.154 e. The molecule has 1 radical (unpaired) electrons. The van der Waals surface area contributed by atoms with Crippen LogP contribution < -0.4 is 4.90 Å². The molecule has 22 heavy (non-hydrogen) atoms. The minimum absolute atomic E-state index is 0.660. The number of rotatable bonds is 2. The van der Waals surface area contributed by atoms with E-state index < -0.39 is 0 Å². The first-order chi connectivity index (χ1) is 10.7. The normalized spacial score (nSPS) is 14.7. The van der Waals surface area contributed by atoms with Crippen molar-refractivity contribution >= 4 is 5.82 Å². The summed E-state index contributed by atoms with van der Waals surface area (Å²) in [6, 6.07) is 9.65. The van der Waals surface area contributed by atoms with Crippen molar-refractivity contribution in [1.82, 2.24) is 10.2 Å². The topological polar surface area (TPSA) is 52.8 Å². The number of benzene rings is 1. The smallest absolute Gasteiger partial charge is 0.154 e. The molecule has 0 unspecified atom stereocenters. The molecule has 0 aliphatic carbocycles. The molecule has 0 amide bonds. The van der Waals surface area contributed by atoms with Gasteiger partial charge in [0.25, 0.3) is 0 Å². The van der Waals surface area contributed by atoms with Gasteiger partial charge in [-0.15, -0.1) is 10.2 Å². The Hall–Kier alpha value is -2.41. The molecule has 111 valence electrons. The fraction of sp³-hybridized carbons (Fsp3) is 0.333. The minimum Gasteiger partial charge on any atom is -0.355 e. The Morgan fingerprint density at radius 1 is 1.00 bits per heavy atom. The first-order valence-electron chi connectivity index (χ1n) is 7.61. The number of nitriles is 1. The van der Waals surface area contributed by atoms with Gasteiger partial charge in [0.15, 0.2) is 5.82 Å². The summed E-state index contributed by atoms with van der Waals surface area (Å²) in [5, 5.41) is 17.8. The van der Waals surface area contributed by atoms with Crippen molar-refractivity contribution < 1.29 is 0 Å². The summed E-state index contributed by atoms with van der Waals surface area (Å²) in [7, 11) is 0. The van der Waals surface area contributed by atoms with Crippen molar-refractivity contribution in [2.75, 3.05) is 18.0 Å². The average Bonchev–Trinajstić information content (AvgIpc) is 2.58. The SMILES string of the molecule is Cc1c(-c2ccc(C#N)cc2)nnc(N2CC[CH]CC2)c1C. The van der Waals surface area contributed by atoms with Gasteiger partial charge in [-0.1, -0.05) is 12.1 Å².